The molecule has 0 saturated carbocycles. The fraction of sp³-hybridized carbons (Fsp3) is 0.429. The molecule has 0 aliphatic carbocycles. The molecule has 2 atom stereocenters. The second kappa shape index (κ2) is 19.5. The molecule has 0 aliphatic rings. The highest BCUT2D eigenvalue weighted by atomic mass is 16.5. The Bertz CT molecular complexity index is 824. The largest absolute Gasteiger partial charge is 0.478 e. The predicted octanol–water partition coefficient (Wildman–Crippen LogP) is 5.79. The average Bonchev–Trinajstić information content (AvgIpc) is 2.79. The molecule has 0 spiro atoms. The number of methoxy groups -OCH3 is 1. The number of carboxylic acid groups (broad SMARTS) is 2. The van der Waals surface area contributed by atoms with Crippen molar-refractivity contribution in [2.45, 2.75) is 59.0 Å². The molecule has 0 unspecified atom stereocenters. The second-order valence-corrected chi connectivity index (χ2v) is 8.03. The first-order valence-corrected chi connectivity index (χ1v) is 11.5. The molecule has 6 heteroatoms. The Morgan fingerprint density at radius 2 is 1.62 bits per heavy atom. The zero-order valence-corrected chi connectivity index (χ0v) is 20.8. The summed E-state index contributed by atoms with van der Waals surface area (Å²) < 4.78 is 5.48. The number of ether oxygens (including phenoxy) is 1. The molecule has 0 aliphatic heterocycles. The van der Waals surface area contributed by atoms with Crippen LogP contribution in [0.3, 0.4) is 0 Å². The Kier molecular flexibility index (Phi) is 17.8. The summed E-state index contributed by atoms with van der Waals surface area (Å²) in [6.45, 7) is 5.48. The van der Waals surface area contributed by atoms with Crippen molar-refractivity contribution >= 4 is 11.9 Å². The van der Waals surface area contributed by atoms with Gasteiger partial charge in [-0.05, 0) is 63.0 Å². The van der Waals surface area contributed by atoms with Crippen LogP contribution in [0.5, 0.6) is 0 Å². The minimum atomic E-state index is -1.01. The zero-order chi connectivity index (χ0) is 25.8. The summed E-state index contributed by atoms with van der Waals surface area (Å²) in [4.78, 5) is 21.6. The summed E-state index contributed by atoms with van der Waals surface area (Å²) in [6.07, 6.45) is 24.3. The number of aliphatic hydroxyl groups excluding tert-OH is 1. The summed E-state index contributed by atoms with van der Waals surface area (Å²) in [5.41, 5.74) is 1.86. The van der Waals surface area contributed by atoms with Gasteiger partial charge in [0.25, 0.3) is 0 Å². The van der Waals surface area contributed by atoms with Crippen molar-refractivity contribution in [3.8, 4) is 0 Å². The summed E-state index contributed by atoms with van der Waals surface area (Å²) >= 11 is 0. The number of carboxylic acids is 2. The Labute approximate surface area is 204 Å². The van der Waals surface area contributed by atoms with E-state index in [9.17, 15) is 9.59 Å². The quantitative estimate of drug-likeness (QED) is 0.107. The smallest absolute Gasteiger partial charge is 0.331 e. The van der Waals surface area contributed by atoms with Crippen molar-refractivity contribution in [1.29, 1.82) is 0 Å². The highest BCUT2D eigenvalue weighted by Crippen LogP contribution is 2.12. The third kappa shape index (κ3) is 16.6. The summed E-state index contributed by atoms with van der Waals surface area (Å²) in [7, 11) is 1.64. The highest BCUT2D eigenvalue weighted by molar-refractivity contribution is 5.86. The third-order valence-electron chi connectivity index (χ3n) is 4.98. The molecule has 0 heterocycles. The van der Waals surface area contributed by atoms with Crippen molar-refractivity contribution in [3.05, 3.63) is 83.6 Å². The third-order valence-corrected chi connectivity index (χ3v) is 4.98. The first kappa shape index (κ1) is 31.0. The molecule has 0 aromatic heterocycles. The molecule has 0 amide bonds. The van der Waals surface area contributed by atoms with Crippen LogP contribution in [0.2, 0.25) is 0 Å². The van der Waals surface area contributed by atoms with Gasteiger partial charge in [0.1, 0.15) is 0 Å². The molecule has 0 radical (unpaired) electrons. The lowest BCUT2D eigenvalue weighted by molar-refractivity contribution is -0.133. The summed E-state index contributed by atoms with van der Waals surface area (Å²) in [6, 6.07) is 0. The van der Waals surface area contributed by atoms with E-state index in [4.69, 9.17) is 20.1 Å². The van der Waals surface area contributed by atoms with E-state index in [2.05, 4.69) is 25.2 Å². The van der Waals surface area contributed by atoms with E-state index in [-0.39, 0.29) is 24.2 Å². The van der Waals surface area contributed by atoms with E-state index in [1.54, 1.807) is 32.3 Å². The van der Waals surface area contributed by atoms with Gasteiger partial charge in [-0.2, -0.15) is 0 Å². The van der Waals surface area contributed by atoms with Crippen molar-refractivity contribution in [2.75, 3.05) is 13.7 Å². The van der Waals surface area contributed by atoms with E-state index >= 15 is 0 Å². The molecule has 0 saturated heterocycles. The topological polar surface area (TPSA) is 104 Å². The van der Waals surface area contributed by atoms with Crippen LogP contribution in [-0.2, 0) is 14.3 Å². The molecule has 0 rings (SSSR count). The molecule has 3 N–H and O–H groups in total. The molecule has 6 nitrogen and oxygen atoms in total. The van der Waals surface area contributed by atoms with E-state index in [1.165, 1.54) is 0 Å². The first-order valence-electron chi connectivity index (χ1n) is 11.5. The molecule has 34 heavy (non-hydrogen) atoms. The molecule has 0 fully saturated rings. The fourth-order valence-electron chi connectivity index (χ4n) is 2.84. The maximum Gasteiger partial charge on any atom is 0.331 e. The lowest BCUT2D eigenvalue weighted by Gasteiger charge is -2.13. The molecule has 0 bridgehead atoms. The predicted molar refractivity (Wildman–Crippen MR) is 138 cm³/mol. The molecule has 0 aromatic carbocycles. The zero-order valence-electron chi connectivity index (χ0n) is 20.8. The van der Waals surface area contributed by atoms with Crippen LogP contribution in [0.25, 0.3) is 0 Å². The van der Waals surface area contributed by atoms with Gasteiger partial charge in [-0.25, -0.2) is 9.59 Å². The van der Waals surface area contributed by atoms with E-state index in [0.717, 1.165) is 30.9 Å². The van der Waals surface area contributed by atoms with Crippen LogP contribution in [0.4, 0.5) is 0 Å². The van der Waals surface area contributed by atoms with Crippen LogP contribution in [-0.4, -0.2) is 47.1 Å². The Hall–Kier alpha value is -2.96. The van der Waals surface area contributed by atoms with Crippen LogP contribution in [0.1, 0.15) is 52.9 Å². The highest BCUT2D eigenvalue weighted by Gasteiger charge is 2.07. The number of hydrogen-bond donors (Lipinski definition) is 3. The van der Waals surface area contributed by atoms with Crippen molar-refractivity contribution < 1.29 is 29.6 Å². The van der Waals surface area contributed by atoms with Crippen molar-refractivity contribution in [1.82, 2.24) is 0 Å². The average molecular weight is 473 g/mol. The number of rotatable bonds is 17. The van der Waals surface area contributed by atoms with Crippen LogP contribution < -0.4 is 0 Å². The Morgan fingerprint density at radius 3 is 2.24 bits per heavy atom. The number of carbonyl (C=O) groups is 2. The summed E-state index contributed by atoms with van der Waals surface area (Å²) in [5, 5.41) is 26.7. The van der Waals surface area contributed by atoms with Gasteiger partial charge in [-0.15, -0.1) is 0 Å². The van der Waals surface area contributed by atoms with Gasteiger partial charge in [0.05, 0.1) is 6.10 Å². The van der Waals surface area contributed by atoms with Crippen LogP contribution >= 0.6 is 0 Å². The first-order chi connectivity index (χ1) is 16.2. The maximum atomic E-state index is 10.9. The SMILES string of the molecule is CO[C@H](C/C=C\C=C\CC/C=C/C[C@H](C)/C=C/C(=C\C(=O)O)CCO)/C(C)=C\C=C(/C)C(=O)O. The number of hydrogen-bond acceptors (Lipinski definition) is 4. The maximum absolute atomic E-state index is 10.9. The Balaban J connectivity index is 4.35. The standard InChI is InChI=1S/C28H40O6/c1-22(15-18-25(19-20-29)21-27(30)31)13-11-9-7-5-6-8-10-12-14-26(34-4)23(2)16-17-24(3)28(32)33/h6,8-12,15-18,21-22,26,29H,5,7,13-14,19-20H2,1-4H3,(H,30,31)(H,32,33)/b8-6+,11-9+,12-10-,18-15+,23-16-,24-17+,25-21+/t22-,26+/m0/s1. The number of aliphatic hydroxyl groups is 1. The molecule has 0 aromatic rings. The van der Waals surface area contributed by atoms with Gasteiger partial charge in [-0.3, -0.25) is 0 Å². The van der Waals surface area contributed by atoms with Gasteiger partial charge >= 0.3 is 11.9 Å². The lowest BCUT2D eigenvalue weighted by Crippen LogP contribution is -2.10. The number of aliphatic carboxylic acids is 2. The second-order valence-electron chi connectivity index (χ2n) is 8.03. The fourth-order valence-corrected chi connectivity index (χ4v) is 2.84. The molecular formula is C28H40O6. The number of unbranched alkanes of at least 4 members (excludes halogenated alkanes) is 1. The van der Waals surface area contributed by atoms with Gasteiger partial charge in [0.15, 0.2) is 0 Å². The molecular weight excluding hydrogens is 432 g/mol. The van der Waals surface area contributed by atoms with E-state index in [1.807, 2.05) is 31.2 Å². The van der Waals surface area contributed by atoms with Crippen LogP contribution in [0, 0.1) is 5.92 Å². The summed E-state index contributed by atoms with van der Waals surface area (Å²) in [5.74, 6) is -1.66. The minimum absolute atomic E-state index is 0.0734. The van der Waals surface area contributed by atoms with E-state index < -0.39 is 11.9 Å². The normalized spacial score (nSPS) is 15.7. The van der Waals surface area contributed by atoms with Crippen molar-refractivity contribution in [2.24, 2.45) is 5.92 Å². The lowest BCUT2D eigenvalue weighted by atomic mass is 10.0. The van der Waals surface area contributed by atoms with Gasteiger partial charge < -0.3 is 20.1 Å². The molecule has 188 valence electrons. The Morgan fingerprint density at radius 1 is 0.941 bits per heavy atom. The minimum Gasteiger partial charge on any atom is -0.478 e. The number of allylic oxidation sites excluding steroid dienone is 9. The van der Waals surface area contributed by atoms with Gasteiger partial charge in [-0.1, -0.05) is 67.7 Å². The van der Waals surface area contributed by atoms with Crippen LogP contribution in [0.15, 0.2) is 83.6 Å². The van der Waals surface area contributed by atoms with Gasteiger partial charge in [0.2, 0.25) is 0 Å². The van der Waals surface area contributed by atoms with Crippen molar-refractivity contribution in [3.63, 3.8) is 0 Å². The van der Waals surface area contributed by atoms with Gasteiger partial charge in [0, 0.05) is 25.4 Å². The van der Waals surface area contributed by atoms with E-state index in [0.29, 0.717) is 18.4 Å². The monoisotopic (exact) mass is 472 g/mol.